The lowest BCUT2D eigenvalue weighted by Gasteiger charge is -2.25. The summed E-state index contributed by atoms with van der Waals surface area (Å²) in [7, 11) is 0. The number of rotatable bonds is 17. The SMILES string of the molecule is C=CC(=O)OCCOc1cccc(C(=CC=Cc2ccc(N(c3ccccc3)c3ccccc3)cc2)c2cccc(OCCOC(=O)C=C)c2)c1. The van der Waals surface area contributed by atoms with E-state index >= 15 is 0 Å². The van der Waals surface area contributed by atoms with E-state index in [0.717, 1.165) is 51.5 Å². The third-order valence-electron chi connectivity index (χ3n) is 7.55. The summed E-state index contributed by atoms with van der Waals surface area (Å²) in [5, 5.41) is 0. The lowest BCUT2D eigenvalue weighted by atomic mass is 9.97. The lowest BCUT2D eigenvalue weighted by molar-refractivity contribution is -0.139. The van der Waals surface area contributed by atoms with E-state index in [0.29, 0.717) is 11.5 Å². The Kier molecular flexibility index (Phi) is 13.2. The minimum atomic E-state index is -0.496. The molecule has 0 saturated heterocycles. The highest BCUT2D eigenvalue weighted by atomic mass is 16.6. The van der Waals surface area contributed by atoms with Gasteiger partial charge in [-0.25, -0.2) is 9.59 Å². The van der Waals surface area contributed by atoms with Crippen molar-refractivity contribution in [2.75, 3.05) is 31.3 Å². The quantitative estimate of drug-likeness (QED) is 0.0420. The molecule has 51 heavy (non-hydrogen) atoms. The zero-order valence-corrected chi connectivity index (χ0v) is 28.2. The number of benzene rings is 5. The fourth-order valence-electron chi connectivity index (χ4n) is 5.18. The van der Waals surface area contributed by atoms with E-state index in [1.807, 2.05) is 97.1 Å². The summed E-state index contributed by atoms with van der Waals surface area (Å²) in [5.41, 5.74) is 6.98. The fourth-order valence-corrected chi connectivity index (χ4v) is 5.18. The summed E-state index contributed by atoms with van der Waals surface area (Å²) in [4.78, 5) is 25.0. The second-order valence-electron chi connectivity index (χ2n) is 11.0. The van der Waals surface area contributed by atoms with Crippen LogP contribution in [0.4, 0.5) is 17.1 Å². The molecule has 0 aliphatic rings. The van der Waals surface area contributed by atoms with Gasteiger partial charge in [-0.3, -0.25) is 0 Å². The van der Waals surface area contributed by atoms with E-state index in [1.165, 1.54) is 0 Å². The summed E-state index contributed by atoms with van der Waals surface area (Å²) in [5.74, 6) is 0.269. The highest BCUT2D eigenvalue weighted by Crippen LogP contribution is 2.34. The number of ether oxygens (including phenoxy) is 4. The van der Waals surface area contributed by atoms with E-state index in [2.05, 4.69) is 72.7 Å². The third-order valence-corrected chi connectivity index (χ3v) is 7.55. The van der Waals surface area contributed by atoms with Crippen LogP contribution in [0.5, 0.6) is 11.5 Å². The van der Waals surface area contributed by atoms with E-state index in [1.54, 1.807) is 0 Å². The predicted octanol–water partition coefficient (Wildman–Crippen LogP) is 9.52. The number of hydrogen-bond donors (Lipinski definition) is 0. The molecule has 0 aliphatic carbocycles. The van der Waals surface area contributed by atoms with Gasteiger partial charge in [-0.15, -0.1) is 0 Å². The molecule has 5 aromatic rings. The Morgan fingerprint density at radius 1 is 0.549 bits per heavy atom. The maximum atomic E-state index is 11.4. The van der Waals surface area contributed by atoms with Gasteiger partial charge in [0.05, 0.1) is 0 Å². The number of allylic oxidation sites excluding steroid dienone is 2. The standard InChI is InChI=1S/C44H39NO6/c1-3-43(46)50-30-28-48-40-21-12-15-35(32-40)42(36-16-13-22-41(33-36)49-29-31-51-44(47)4-2)23-11-14-34-24-26-39(27-25-34)45(37-17-7-5-8-18-37)38-19-9-6-10-20-38/h3-27,32-33H,1-2,28-31H2. The number of hydrogen-bond acceptors (Lipinski definition) is 7. The smallest absolute Gasteiger partial charge is 0.330 e. The molecular weight excluding hydrogens is 638 g/mol. The minimum Gasteiger partial charge on any atom is -0.490 e. The Morgan fingerprint density at radius 2 is 1.02 bits per heavy atom. The Hall–Kier alpha value is -6.60. The maximum Gasteiger partial charge on any atom is 0.330 e. The second-order valence-corrected chi connectivity index (χ2v) is 11.0. The van der Waals surface area contributed by atoms with E-state index in [4.69, 9.17) is 18.9 Å². The first kappa shape index (κ1) is 35.7. The van der Waals surface area contributed by atoms with Crippen LogP contribution in [0.25, 0.3) is 11.6 Å². The molecule has 0 N–H and O–H groups in total. The minimum absolute atomic E-state index is 0.106. The zero-order chi connectivity index (χ0) is 35.7. The number of carbonyl (C=O) groups is 2. The van der Waals surface area contributed by atoms with Gasteiger partial charge in [-0.2, -0.15) is 0 Å². The summed E-state index contributed by atoms with van der Waals surface area (Å²) in [6.45, 7) is 7.43. The van der Waals surface area contributed by atoms with Crippen molar-refractivity contribution in [2.24, 2.45) is 0 Å². The summed E-state index contributed by atoms with van der Waals surface area (Å²) >= 11 is 0. The van der Waals surface area contributed by atoms with E-state index in [-0.39, 0.29) is 26.4 Å². The van der Waals surface area contributed by atoms with Crippen LogP contribution in [0.15, 0.2) is 171 Å². The van der Waals surface area contributed by atoms with Crippen LogP contribution in [-0.4, -0.2) is 38.4 Å². The molecule has 0 bridgehead atoms. The van der Waals surface area contributed by atoms with Crippen molar-refractivity contribution in [3.63, 3.8) is 0 Å². The van der Waals surface area contributed by atoms with Gasteiger partial charge in [-0.05, 0) is 82.9 Å². The molecule has 0 heterocycles. The summed E-state index contributed by atoms with van der Waals surface area (Å²) in [6, 6.07) is 44.4. The van der Waals surface area contributed by atoms with Gasteiger partial charge in [0.2, 0.25) is 0 Å². The Morgan fingerprint density at radius 3 is 1.49 bits per heavy atom. The average Bonchev–Trinajstić information content (AvgIpc) is 3.18. The molecule has 0 aromatic heterocycles. The number of nitrogens with zero attached hydrogens (tertiary/aromatic N) is 1. The van der Waals surface area contributed by atoms with Gasteiger partial charge in [0.15, 0.2) is 0 Å². The van der Waals surface area contributed by atoms with Gasteiger partial charge in [0, 0.05) is 29.2 Å². The van der Waals surface area contributed by atoms with Crippen molar-refractivity contribution >= 4 is 40.6 Å². The fraction of sp³-hybridized carbons (Fsp3) is 0.0909. The molecule has 0 unspecified atom stereocenters. The van der Waals surface area contributed by atoms with Crippen molar-refractivity contribution in [3.05, 3.63) is 188 Å². The lowest BCUT2D eigenvalue weighted by Crippen LogP contribution is -2.10. The highest BCUT2D eigenvalue weighted by molar-refractivity contribution is 5.83. The Balaban J connectivity index is 1.39. The number of para-hydroxylation sites is 2. The number of carbonyl (C=O) groups excluding carboxylic acids is 2. The molecule has 0 saturated carbocycles. The summed E-state index contributed by atoms with van der Waals surface area (Å²) < 4.78 is 21.8. The van der Waals surface area contributed by atoms with Crippen LogP contribution < -0.4 is 14.4 Å². The van der Waals surface area contributed by atoms with Crippen LogP contribution >= 0.6 is 0 Å². The Bertz CT molecular complexity index is 1850. The summed E-state index contributed by atoms with van der Waals surface area (Å²) in [6.07, 6.45) is 8.36. The van der Waals surface area contributed by atoms with E-state index < -0.39 is 11.9 Å². The highest BCUT2D eigenvalue weighted by Gasteiger charge is 2.12. The third kappa shape index (κ3) is 10.7. The van der Waals surface area contributed by atoms with Crippen LogP contribution in [-0.2, 0) is 19.1 Å². The van der Waals surface area contributed by atoms with Crippen LogP contribution in [0.1, 0.15) is 16.7 Å². The molecule has 0 radical (unpaired) electrons. The molecule has 7 nitrogen and oxygen atoms in total. The second kappa shape index (κ2) is 18.8. The van der Waals surface area contributed by atoms with Gasteiger partial charge in [-0.1, -0.05) is 104 Å². The molecule has 0 aliphatic heterocycles. The van der Waals surface area contributed by atoms with Gasteiger partial charge in [0.1, 0.15) is 37.9 Å². The number of anilines is 3. The molecule has 5 aromatic carbocycles. The van der Waals surface area contributed by atoms with Crippen molar-refractivity contribution in [1.29, 1.82) is 0 Å². The van der Waals surface area contributed by atoms with Crippen molar-refractivity contribution in [1.82, 2.24) is 0 Å². The first-order valence-electron chi connectivity index (χ1n) is 16.5. The van der Waals surface area contributed by atoms with Gasteiger partial charge < -0.3 is 23.8 Å². The largest absolute Gasteiger partial charge is 0.490 e. The normalized spacial score (nSPS) is 10.5. The van der Waals surface area contributed by atoms with Crippen LogP contribution in [0.3, 0.4) is 0 Å². The molecule has 0 spiro atoms. The van der Waals surface area contributed by atoms with Crippen molar-refractivity contribution in [2.45, 2.75) is 0 Å². The van der Waals surface area contributed by atoms with Gasteiger partial charge in [0.25, 0.3) is 0 Å². The first-order valence-corrected chi connectivity index (χ1v) is 16.5. The monoisotopic (exact) mass is 677 g/mol. The molecule has 7 heteroatoms. The topological polar surface area (TPSA) is 74.3 Å². The van der Waals surface area contributed by atoms with E-state index in [9.17, 15) is 9.59 Å². The Labute approximate surface area is 299 Å². The molecule has 0 amide bonds. The first-order chi connectivity index (χ1) is 25.0. The average molecular weight is 678 g/mol. The predicted molar refractivity (Wildman–Crippen MR) is 203 cm³/mol. The molecule has 5 rings (SSSR count). The van der Waals surface area contributed by atoms with Crippen LogP contribution in [0.2, 0.25) is 0 Å². The number of esters is 2. The van der Waals surface area contributed by atoms with Crippen molar-refractivity contribution in [3.8, 4) is 11.5 Å². The molecule has 256 valence electrons. The van der Waals surface area contributed by atoms with Crippen molar-refractivity contribution < 1.29 is 28.5 Å². The molecule has 0 atom stereocenters. The van der Waals surface area contributed by atoms with Gasteiger partial charge >= 0.3 is 11.9 Å². The zero-order valence-electron chi connectivity index (χ0n) is 28.2. The maximum absolute atomic E-state index is 11.4. The molecule has 0 fully saturated rings. The van der Waals surface area contributed by atoms with Crippen LogP contribution in [0, 0.1) is 0 Å². The molecular formula is C44H39NO6.